The Hall–Kier alpha value is -2.87. The quantitative estimate of drug-likeness (QED) is 0.532. The van der Waals surface area contributed by atoms with Gasteiger partial charge in [0, 0.05) is 19.2 Å². The molecule has 0 saturated carbocycles. The summed E-state index contributed by atoms with van der Waals surface area (Å²) in [7, 11) is 1.75. The molecule has 1 aromatic heterocycles. The summed E-state index contributed by atoms with van der Waals surface area (Å²) in [5, 5.41) is 8.38. The van der Waals surface area contributed by atoms with E-state index >= 15 is 0 Å². The van der Waals surface area contributed by atoms with Crippen LogP contribution in [0.3, 0.4) is 0 Å². The van der Waals surface area contributed by atoms with Crippen LogP contribution in [0, 0.1) is 5.82 Å². The molecule has 0 radical (unpaired) electrons. The Balaban J connectivity index is 1.62. The molecule has 6 nitrogen and oxygen atoms in total. The monoisotopic (exact) mass is 371 g/mol. The van der Waals surface area contributed by atoms with Gasteiger partial charge in [-0.1, -0.05) is 54.2 Å². The largest absolute Gasteiger partial charge is 0.341 e. The number of nitrogens with zero attached hydrogens (tertiary/aromatic N) is 4. The number of thioether (sulfide) groups is 1. The number of hydrogen-bond acceptors (Lipinski definition) is 5. The molecule has 3 aromatic rings. The first-order chi connectivity index (χ1) is 12.5. The van der Waals surface area contributed by atoms with Gasteiger partial charge in [-0.2, -0.15) is 0 Å². The topological polar surface area (TPSA) is 77.0 Å². The maximum Gasteiger partial charge on any atom is 0.233 e. The zero-order valence-corrected chi connectivity index (χ0v) is 15.0. The summed E-state index contributed by atoms with van der Waals surface area (Å²) in [5.74, 6) is 6.10. The summed E-state index contributed by atoms with van der Waals surface area (Å²) >= 11 is 1.19. The lowest BCUT2D eigenvalue weighted by atomic mass is 10.2. The van der Waals surface area contributed by atoms with Crippen molar-refractivity contribution in [2.75, 3.05) is 18.6 Å². The van der Waals surface area contributed by atoms with Crippen molar-refractivity contribution in [3.8, 4) is 11.4 Å². The normalized spacial score (nSPS) is 10.7. The van der Waals surface area contributed by atoms with Crippen molar-refractivity contribution in [2.45, 2.75) is 11.7 Å². The number of carbonyl (C=O) groups excluding carboxylic acids is 1. The molecule has 0 bridgehead atoms. The molecule has 1 heterocycles. The van der Waals surface area contributed by atoms with Gasteiger partial charge in [-0.05, 0) is 17.7 Å². The SMILES string of the molecule is CN(Cc1ccccc1)C(=O)CSc1nnc(-c2cccc(F)c2)n1N. The predicted molar refractivity (Wildman–Crippen MR) is 99.2 cm³/mol. The highest BCUT2D eigenvalue weighted by Gasteiger charge is 2.16. The van der Waals surface area contributed by atoms with Gasteiger partial charge >= 0.3 is 0 Å². The fourth-order valence-corrected chi connectivity index (χ4v) is 3.18. The van der Waals surface area contributed by atoms with Gasteiger partial charge in [0.25, 0.3) is 0 Å². The first-order valence-electron chi connectivity index (χ1n) is 7.91. The number of rotatable bonds is 6. The number of aromatic nitrogens is 3. The van der Waals surface area contributed by atoms with Gasteiger partial charge < -0.3 is 10.7 Å². The minimum absolute atomic E-state index is 0.0471. The third kappa shape index (κ3) is 4.20. The third-order valence-corrected chi connectivity index (χ3v) is 4.69. The van der Waals surface area contributed by atoms with E-state index in [0.717, 1.165) is 5.56 Å². The second-order valence-electron chi connectivity index (χ2n) is 5.71. The van der Waals surface area contributed by atoms with Crippen molar-refractivity contribution in [3.05, 3.63) is 66.0 Å². The van der Waals surface area contributed by atoms with Gasteiger partial charge in [0.05, 0.1) is 5.75 Å². The molecule has 0 unspecified atom stereocenters. The molecule has 0 saturated heterocycles. The summed E-state index contributed by atoms with van der Waals surface area (Å²) < 4.78 is 14.6. The van der Waals surface area contributed by atoms with Crippen LogP contribution in [-0.4, -0.2) is 38.5 Å². The fourth-order valence-electron chi connectivity index (χ4n) is 2.38. The number of hydrogen-bond donors (Lipinski definition) is 1. The van der Waals surface area contributed by atoms with Crippen molar-refractivity contribution < 1.29 is 9.18 Å². The van der Waals surface area contributed by atoms with Gasteiger partial charge in [0.2, 0.25) is 11.1 Å². The molecular weight excluding hydrogens is 353 g/mol. The van der Waals surface area contributed by atoms with Gasteiger partial charge in [-0.15, -0.1) is 10.2 Å². The maximum atomic E-state index is 13.4. The van der Waals surface area contributed by atoms with E-state index in [1.54, 1.807) is 24.1 Å². The third-order valence-electron chi connectivity index (χ3n) is 3.76. The van der Waals surface area contributed by atoms with Crippen LogP contribution >= 0.6 is 11.8 Å². The van der Waals surface area contributed by atoms with Gasteiger partial charge in [0.1, 0.15) is 5.82 Å². The second-order valence-corrected chi connectivity index (χ2v) is 6.65. The summed E-state index contributed by atoms with van der Waals surface area (Å²) in [5.41, 5.74) is 1.59. The molecule has 0 aliphatic heterocycles. The molecule has 0 fully saturated rings. The van der Waals surface area contributed by atoms with Crippen LogP contribution in [0.4, 0.5) is 4.39 Å². The Kier molecular flexibility index (Phi) is 5.52. The summed E-state index contributed by atoms with van der Waals surface area (Å²) in [4.78, 5) is 14.0. The zero-order chi connectivity index (χ0) is 18.5. The lowest BCUT2D eigenvalue weighted by Crippen LogP contribution is -2.28. The lowest BCUT2D eigenvalue weighted by molar-refractivity contribution is -0.127. The highest BCUT2D eigenvalue weighted by molar-refractivity contribution is 7.99. The first kappa shape index (κ1) is 17.9. The number of carbonyl (C=O) groups is 1. The highest BCUT2D eigenvalue weighted by Crippen LogP contribution is 2.22. The standard InChI is InChI=1S/C18H18FN5OS/c1-23(11-13-6-3-2-4-7-13)16(25)12-26-18-22-21-17(24(18)20)14-8-5-9-15(19)10-14/h2-10H,11-12,20H2,1H3. The highest BCUT2D eigenvalue weighted by atomic mass is 32.2. The van der Waals surface area contributed by atoms with E-state index in [1.165, 1.54) is 28.6 Å². The van der Waals surface area contributed by atoms with E-state index in [1.807, 2.05) is 30.3 Å². The summed E-state index contributed by atoms with van der Waals surface area (Å²) in [6.45, 7) is 0.532. The fraction of sp³-hybridized carbons (Fsp3) is 0.167. The molecule has 1 amide bonds. The van der Waals surface area contributed by atoms with Crippen molar-refractivity contribution >= 4 is 17.7 Å². The average molecular weight is 371 g/mol. The molecule has 8 heteroatoms. The van der Waals surface area contributed by atoms with Crippen LogP contribution in [0.2, 0.25) is 0 Å². The zero-order valence-electron chi connectivity index (χ0n) is 14.2. The van der Waals surface area contributed by atoms with Crippen molar-refractivity contribution in [1.82, 2.24) is 19.8 Å². The first-order valence-corrected chi connectivity index (χ1v) is 8.90. The molecule has 2 aromatic carbocycles. The molecule has 134 valence electrons. The predicted octanol–water partition coefficient (Wildman–Crippen LogP) is 2.55. The molecule has 0 spiro atoms. The number of nitrogens with two attached hydrogens (primary N) is 1. The van der Waals surface area contributed by atoms with Gasteiger partial charge in [-0.25, -0.2) is 9.07 Å². The van der Waals surface area contributed by atoms with Crippen molar-refractivity contribution in [1.29, 1.82) is 0 Å². The van der Waals surface area contributed by atoms with Crippen LogP contribution in [0.5, 0.6) is 0 Å². The Morgan fingerprint density at radius 1 is 1.19 bits per heavy atom. The number of halogens is 1. The number of nitrogen functional groups attached to an aromatic ring is 1. The molecule has 0 atom stereocenters. The van der Waals surface area contributed by atoms with Crippen LogP contribution in [-0.2, 0) is 11.3 Å². The molecule has 0 aliphatic carbocycles. The summed E-state index contributed by atoms with van der Waals surface area (Å²) in [6.07, 6.45) is 0. The molecule has 3 rings (SSSR count). The van der Waals surface area contributed by atoms with Crippen LogP contribution in [0.1, 0.15) is 5.56 Å². The van der Waals surface area contributed by atoms with E-state index in [-0.39, 0.29) is 17.5 Å². The Morgan fingerprint density at radius 2 is 1.96 bits per heavy atom. The average Bonchev–Trinajstić information content (AvgIpc) is 3.01. The Morgan fingerprint density at radius 3 is 2.69 bits per heavy atom. The van der Waals surface area contributed by atoms with E-state index in [2.05, 4.69) is 10.2 Å². The number of benzene rings is 2. The van der Waals surface area contributed by atoms with Crippen LogP contribution in [0.15, 0.2) is 59.8 Å². The second kappa shape index (κ2) is 8.01. The smallest absolute Gasteiger partial charge is 0.233 e. The molecular formula is C18H18FN5OS. The van der Waals surface area contributed by atoms with Crippen molar-refractivity contribution in [3.63, 3.8) is 0 Å². The van der Waals surface area contributed by atoms with Crippen LogP contribution in [0.25, 0.3) is 11.4 Å². The van der Waals surface area contributed by atoms with Crippen molar-refractivity contribution in [2.24, 2.45) is 0 Å². The Labute approximate surface area is 154 Å². The maximum absolute atomic E-state index is 13.4. The van der Waals surface area contributed by atoms with Crippen LogP contribution < -0.4 is 5.84 Å². The van der Waals surface area contributed by atoms with Gasteiger partial charge in [0.15, 0.2) is 5.82 Å². The molecule has 2 N–H and O–H groups in total. The summed E-state index contributed by atoms with van der Waals surface area (Å²) in [6, 6.07) is 15.7. The van der Waals surface area contributed by atoms with E-state index in [9.17, 15) is 9.18 Å². The van der Waals surface area contributed by atoms with Gasteiger partial charge in [-0.3, -0.25) is 4.79 Å². The minimum Gasteiger partial charge on any atom is -0.341 e. The van der Waals surface area contributed by atoms with E-state index in [4.69, 9.17) is 5.84 Å². The minimum atomic E-state index is -0.377. The molecule has 0 aliphatic rings. The van der Waals surface area contributed by atoms with E-state index < -0.39 is 0 Å². The Bertz CT molecular complexity index is 900. The number of amides is 1. The lowest BCUT2D eigenvalue weighted by Gasteiger charge is -2.16. The molecule has 26 heavy (non-hydrogen) atoms. The van der Waals surface area contributed by atoms with E-state index in [0.29, 0.717) is 23.1 Å².